The molecule has 0 spiro atoms. The van der Waals surface area contributed by atoms with E-state index in [9.17, 15) is 9.90 Å². The normalized spacial score (nSPS) is 10.6. The van der Waals surface area contributed by atoms with Crippen LogP contribution in [-0.2, 0) is 0 Å². The lowest BCUT2D eigenvalue weighted by molar-refractivity contribution is 0.102. The Labute approximate surface area is 136 Å². The fourth-order valence-electron chi connectivity index (χ4n) is 2.08. The molecular formula is C16H10Cl2N2O2. The molecule has 2 aromatic carbocycles. The Morgan fingerprint density at radius 1 is 1.05 bits per heavy atom. The number of phenolic OH excluding ortho intramolecular Hbond substituents is 1. The minimum absolute atomic E-state index is 0.111. The van der Waals surface area contributed by atoms with E-state index in [0.29, 0.717) is 15.9 Å². The molecule has 0 saturated heterocycles. The number of nitrogens with zero attached hydrogens (tertiary/aromatic N) is 1. The molecule has 1 heterocycles. The van der Waals surface area contributed by atoms with Crippen molar-refractivity contribution in [2.45, 2.75) is 0 Å². The lowest BCUT2D eigenvalue weighted by Gasteiger charge is -2.08. The highest BCUT2D eigenvalue weighted by molar-refractivity contribution is 6.31. The smallest absolute Gasteiger partial charge is 0.259 e. The number of halogens is 2. The van der Waals surface area contributed by atoms with Crippen molar-refractivity contribution in [3.63, 3.8) is 0 Å². The third-order valence-electron chi connectivity index (χ3n) is 3.15. The van der Waals surface area contributed by atoms with Crippen molar-refractivity contribution in [1.82, 2.24) is 4.98 Å². The van der Waals surface area contributed by atoms with Crippen LogP contribution in [0.4, 0.5) is 5.69 Å². The molecule has 22 heavy (non-hydrogen) atoms. The molecule has 0 atom stereocenters. The molecule has 0 bridgehead atoms. The Bertz CT molecular complexity index is 881. The van der Waals surface area contributed by atoms with Crippen molar-refractivity contribution >= 4 is 45.6 Å². The minimum Gasteiger partial charge on any atom is -0.507 e. The summed E-state index contributed by atoms with van der Waals surface area (Å²) in [5.74, 6) is -0.575. The quantitative estimate of drug-likeness (QED) is 0.679. The van der Waals surface area contributed by atoms with Crippen molar-refractivity contribution < 1.29 is 9.90 Å². The second-order valence-corrected chi connectivity index (χ2v) is 5.51. The average Bonchev–Trinajstić information content (AvgIpc) is 2.49. The van der Waals surface area contributed by atoms with Crippen LogP contribution >= 0.6 is 23.2 Å². The lowest BCUT2D eigenvalue weighted by Crippen LogP contribution is -2.12. The van der Waals surface area contributed by atoms with Gasteiger partial charge in [0, 0.05) is 22.3 Å². The zero-order valence-electron chi connectivity index (χ0n) is 11.2. The fraction of sp³-hybridized carbons (Fsp3) is 0. The Morgan fingerprint density at radius 2 is 1.86 bits per heavy atom. The molecule has 0 aliphatic rings. The van der Waals surface area contributed by atoms with Crippen molar-refractivity contribution in [1.29, 1.82) is 0 Å². The zero-order valence-corrected chi connectivity index (χ0v) is 12.7. The minimum atomic E-state index is -0.445. The Balaban J connectivity index is 1.92. The first-order chi connectivity index (χ1) is 10.5. The van der Waals surface area contributed by atoms with Gasteiger partial charge in [0.2, 0.25) is 0 Å². The number of anilines is 1. The molecule has 0 aliphatic carbocycles. The number of pyridine rings is 1. The highest BCUT2D eigenvalue weighted by Gasteiger charge is 2.12. The number of rotatable bonds is 2. The number of hydrogen-bond donors (Lipinski definition) is 2. The van der Waals surface area contributed by atoms with Crippen molar-refractivity contribution in [2.24, 2.45) is 0 Å². The first-order valence-electron chi connectivity index (χ1n) is 6.38. The highest BCUT2D eigenvalue weighted by atomic mass is 35.5. The number of hydrogen-bond acceptors (Lipinski definition) is 3. The number of aromatic nitrogens is 1. The van der Waals surface area contributed by atoms with Gasteiger partial charge in [-0.2, -0.15) is 0 Å². The second-order valence-electron chi connectivity index (χ2n) is 4.68. The highest BCUT2D eigenvalue weighted by Crippen LogP contribution is 2.24. The summed E-state index contributed by atoms with van der Waals surface area (Å²) >= 11 is 11.7. The number of amides is 1. The first kappa shape index (κ1) is 14.6. The number of nitrogens with one attached hydrogen (secondary N) is 1. The molecule has 1 aromatic heterocycles. The molecule has 1 amide bonds. The number of phenols is 1. The summed E-state index contributed by atoms with van der Waals surface area (Å²) in [6.07, 6.45) is 1.66. The van der Waals surface area contributed by atoms with Gasteiger partial charge in [0.1, 0.15) is 10.9 Å². The van der Waals surface area contributed by atoms with Crippen LogP contribution in [0, 0.1) is 0 Å². The van der Waals surface area contributed by atoms with E-state index in [1.807, 2.05) is 6.07 Å². The van der Waals surface area contributed by atoms with Crippen LogP contribution < -0.4 is 5.32 Å². The van der Waals surface area contributed by atoms with Gasteiger partial charge < -0.3 is 10.4 Å². The Morgan fingerprint density at radius 3 is 2.68 bits per heavy atom. The van der Waals surface area contributed by atoms with Gasteiger partial charge in [-0.05, 0) is 41.8 Å². The lowest BCUT2D eigenvalue weighted by atomic mass is 10.1. The van der Waals surface area contributed by atoms with Gasteiger partial charge in [-0.1, -0.05) is 29.3 Å². The maximum atomic E-state index is 12.2. The topological polar surface area (TPSA) is 62.2 Å². The zero-order chi connectivity index (χ0) is 15.7. The fourth-order valence-corrected chi connectivity index (χ4v) is 2.42. The van der Waals surface area contributed by atoms with E-state index in [1.54, 1.807) is 24.4 Å². The van der Waals surface area contributed by atoms with Crippen LogP contribution in [0.1, 0.15) is 10.4 Å². The average molecular weight is 333 g/mol. The van der Waals surface area contributed by atoms with Crippen LogP contribution in [0.5, 0.6) is 5.75 Å². The largest absolute Gasteiger partial charge is 0.507 e. The predicted octanol–water partition coefficient (Wildman–Crippen LogP) is 4.50. The van der Waals surface area contributed by atoms with Crippen LogP contribution in [0.2, 0.25) is 10.2 Å². The van der Waals surface area contributed by atoms with E-state index < -0.39 is 5.91 Å². The molecule has 3 aromatic rings. The van der Waals surface area contributed by atoms with Gasteiger partial charge in [-0.3, -0.25) is 4.79 Å². The van der Waals surface area contributed by atoms with E-state index in [2.05, 4.69) is 10.3 Å². The predicted molar refractivity (Wildman–Crippen MR) is 87.8 cm³/mol. The van der Waals surface area contributed by atoms with Gasteiger partial charge in [0.25, 0.3) is 5.91 Å². The Hall–Kier alpha value is -2.30. The second kappa shape index (κ2) is 5.83. The first-order valence-corrected chi connectivity index (χ1v) is 7.14. The van der Waals surface area contributed by atoms with Crippen LogP contribution in [0.15, 0.2) is 48.7 Å². The van der Waals surface area contributed by atoms with Crippen LogP contribution in [0.3, 0.4) is 0 Å². The van der Waals surface area contributed by atoms with E-state index in [4.69, 9.17) is 23.2 Å². The monoisotopic (exact) mass is 332 g/mol. The molecule has 0 unspecified atom stereocenters. The molecule has 6 heteroatoms. The summed E-state index contributed by atoms with van der Waals surface area (Å²) in [6, 6.07) is 11.4. The Kier molecular flexibility index (Phi) is 3.88. The molecule has 0 saturated carbocycles. The third kappa shape index (κ3) is 2.98. The van der Waals surface area contributed by atoms with E-state index in [1.165, 1.54) is 18.2 Å². The standard InChI is InChI=1S/C16H10Cl2N2O2/c17-11-2-4-14(21)13(7-11)16(22)20-12-3-1-9-8-19-15(18)6-10(9)5-12/h1-8,21H,(H,20,22). The van der Waals surface area contributed by atoms with Crippen LogP contribution in [-0.4, -0.2) is 16.0 Å². The molecule has 3 rings (SSSR count). The van der Waals surface area contributed by atoms with Crippen LogP contribution in [0.25, 0.3) is 10.8 Å². The number of carbonyl (C=O) groups excluding carboxylic acids is 1. The van der Waals surface area contributed by atoms with Gasteiger partial charge in [0.05, 0.1) is 5.56 Å². The van der Waals surface area contributed by atoms with Gasteiger partial charge in [-0.25, -0.2) is 4.98 Å². The molecule has 0 aliphatic heterocycles. The van der Waals surface area contributed by atoms with Gasteiger partial charge in [0.15, 0.2) is 0 Å². The number of aromatic hydroxyl groups is 1. The van der Waals surface area contributed by atoms with E-state index in [-0.39, 0.29) is 11.3 Å². The number of benzene rings is 2. The molecule has 110 valence electrons. The maximum absolute atomic E-state index is 12.2. The number of carbonyl (C=O) groups is 1. The van der Waals surface area contributed by atoms with E-state index >= 15 is 0 Å². The third-order valence-corrected chi connectivity index (χ3v) is 3.59. The van der Waals surface area contributed by atoms with E-state index in [0.717, 1.165) is 10.8 Å². The molecule has 0 radical (unpaired) electrons. The summed E-state index contributed by atoms with van der Waals surface area (Å²) in [4.78, 5) is 16.2. The van der Waals surface area contributed by atoms with Crippen molar-refractivity contribution in [3.8, 4) is 5.75 Å². The molecule has 0 fully saturated rings. The van der Waals surface area contributed by atoms with Crippen molar-refractivity contribution in [3.05, 3.63) is 64.4 Å². The summed E-state index contributed by atoms with van der Waals surface area (Å²) in [7, 11) is 0. The maximum Gasteiger partial charge on any atom is 0.259 e. The molecule has 2 N–H and O–H groups in total. The van der Waals surface area contributed by atoms with Gasteiger partial charge in [-0.15, -0.1) is 0 Å². The number of fused-ring (bicyclic) bond motifs is 1. The SMILES string of the molecule is O=C(Nc1ccc2cnc(Cl)cc2c1)c1cc(Cl)ccc1O. The molecule has 4 nitrogen and oxygen atoms in total. The summed E-state index contributed by atoms with van der Waals surface area (Å²) in [6.45, 7) is 0. The summed E-state index contributed by atoms with van der Waals surface area (Å²) in [5.41, 5.74) is 0.694. The van der Waals surface area contributed by atoms with Gasteiger partial charge >= 0.3 is 0 Å². The molecular weight excluding hydrogens is 323 g/mol. The summed E-state index contributed by atoms with van der Waals surface area (Å²) in [5, 5.41) is 15.0. The summed E-state index contributed by atoms with van der Waals surface area (Å²) < 4.78 is 0. The van der Waals surface area contributed by atoms with Crippen molar-refractivity contribution in [2.75, 3.05) is 5.32 Å².